The van der Waals surface area contributed by atoms with Gasteiger partial charge < -0.3 is 4.74 Å². The summed E-state index contributed by atoms with van der Waals surface area (Å²) in [5.74, 6) is 1.65. The van der Waals surface area contributed by atoms with Crippen LogP contribution < -0.4 is 4.74 Å². The quantitative estimate of drug-likeness (QED) is 0.433. The lowest BCUT2D eigenvalue weighted by Crippen LogP contribution is -2.04. The van der Waals surface area contributed by atoms with Gasteiger partial charge in [-0.15, -0.1) is 11.8 Å². The summed E-state index contributed by atoms with van der Waals surface area (Å²) in [5, 5.41) is 0. The zero-order valence-electron chi connectivity index (χ0n) is 15.6. The molecule has 0 aliphatic rings. The van der Waals surface area contributed by atoms with Crippen molar-refractivity contribution in [2.45, 2.75) is 30.8 Å². The van der Waals surface area contributed by atoms with Crippen LogP contribution in [0.15, 0.2) is 59.5 Å². The van der Waals surface area contributed by atoms with E-state index in [1.807, 2.05) is 19.1 Å². The van der Waals surface area contributed by atoms with Crippen molar-refractivity contribution in [3.8, 4) is 5.75 Å². The molecule has 2 aromatic carbocycles. The molecule has 3 nitrogen and oxygen atoms in total. The van der Waals surface area contributed by atoms with Crippen molar-refractivity contribution in [2.75, 3.05) is 12.9 Å². The van der Waals surface area contributed by atoms with E-state index in [0.29, 0.717) is 6.42 Å². The van der Waals surface area contributed by atoms with E-state index in [1.54, 1.807) is 18.9 Å². The molecule has 0 saturated heterocycles. The second kappa shape index (κ2) is 11.4. The second-order valence-corrected chi connectivity index (χ2v) is 7.00. The molecule has 0 N–H and O–H groups in total. The van der Waals surface area contributed by atoms with Crippen molar-refractivity contribution in [1.82, 2.24) is 0 Å². The predicted molar refractivity (Wildman–Crippen MR) is 102 cm³/mol. The number of carbonyl (C=O) groups excluding carboxylic acids is 2. The number of hydrogen-bond donors (Lipinski definition) is 0. The first kappa shape index (κ1) is 23.5. The highest BCUT2D eigenvalue weighted by Crippen LogP contribution is 2.30. The number of thioether (sulfide) groups is 1. The first-order valence-electron chi connectivity index (χ1n) is 8.30. The molecule has 0 amide bonds. The Hall–Kier alpha value is -2.50. The second-order valence-electron chi connectivity index (χ2n) is 5.95. The van der Waals surface area contributed by atoms with E-state index < -0.39 is 11.7 Å². The van der Waals surface area contributed by atoms with Crippen LogP contribution >= 0.6 is 11.8 Å². The number of methoxy groups -OCH3 is 1. The van der Waals surface area contributed by atoms with E-state index in [-0.39, 0.29) is 6.15 Å². The van der Waals surface area contributed by atoms with Gasteiger partial charge in [0.1, 0.15) is 5.75 Å². The highest BCUT2D eigenvalue weighted by atomic mass is 32.2. The monoisotopic (exact) mass is 410 g/mol. The van der Waals surface area contributed by atoms with Crippen LogP contribution in [0, 0.1) is 6.92 Å². The minimum atomic E-state index is -4.28. The molecule has 0 radical (unpaired) electrons. The van der Waals surface area contributed by atoms with Gasteiger partial charge in [-0.25, -0.2) is 0 Å². The highest BCUT2D eigenvalue weighted by Gasteiger charge is 2.29. The van der Waals surface area contributed by atoms with Crippen LogP contribution in [0.25, 0.3) is 0 Å². The topological polar surface area (TPSA) is 43.4 Å². The zero-order valence-corrected chi connectivity index (χ0v) is 16.5. The number of aryl methyl sites for hydroxylation is 2. The molecule has 2 rings (SSSR count). The average molecular weight is 410 g/mol. The van der Waals surface area contributed by atoms with E-state index in [9.17, 15) is 13.2 Å². The number of benzene rings is 2. The van der Waals surface area contributed by atoms with Crippen LogP contribution in [0.3, 0.4) is 0 Å². The first-order valence-corrected chi connectivity index (χ1v) is 9.29. The maximum Gasteiger partial charge on any atom is 0.416 e. The fraction of sp³-hybridized carbons (Fsp3) is 0.286. The van der Waals surface area contributed by atoms with Crippen LogP contribution in [0.2, 0.25) is 0 Å². The van der Waals surface area contributed by atoms with E-state index in [1.165, 1.54) is 12.1 Å². The van der Waals surface area contributed by atoms with Gasteiger partial charge in [0.2, 0.25) is 0 Å². The summed E-state index contributed by atoms with van der Waals surface area (Å²) in [6.07, 6.45) is -2.58. The minimum absolute atomic E-state index is 0.250. The average Bonchev–Trinajstić information content (AvgIpc) is 2.65. The molecule has 0 unspecified atom stereocenters. The summed E-state index contributed by atoms with van der Waals surface area (Å²) in [6.45, 7) is 6.07. The summed E-state index contributed by atoms with van der Waals surface area (Å²) >= 11 is 1.70. The number of ether oxygens (including phenoxy) is 1. The van der Waals surface area contributed by atoms with Crippen LogP contribution in [0.5, 0.6) is 5.75 Å². The van der Waals surface area contributed by atoms with Crippen molar-refractivity contribution >= 4 is 17.9 Å². The molecule has 0 aliphatic carbocycles. The van der Waals surface area contributed by atoms with Gasteiger partial charge in [0.25, 0.3) is 0 Å². The van der Waals surface area contributed by atoms with Crippen molar-refractivity contribution in [3.63, 3.8) is 0 Å². The molecule has 0 fully saturated rings. The Morgan fingerprint density at radius 2 is 1.75 bits per heavy atom. The van der Waals surface area contributed by atoms with Gasteiger partial charge in [-0.2, -0.15) is 22.8 Å². The van der Waals surface area contributed by atoms with Crippen LogP contribution in [-0.2, 0) is 22.2 Å². The molecular weight excluding hydrogens is 389 g/mol. The summed E-state index contributed by atoms with van der Waals surface area (Å²) < 4.78 is 42.9. The fourth-order valence-corrected chi connectivity index (χ4v) is 3.32. The molecule has 0 atom stereocenters. The minimum Gasteiger partial charge on any atom is -0.496 e. The smallest absolute Gasteiger partial charge is 0.416 e. The molecule has 0 aliphatic heterocycles. The lowest BCUT2D eigenvalue weighted by molar-refractivity contribution is -0.191. The number of hydrogen-bond acceptors (Lipinski definition) is 4. The van der Waals surface area contributed by atoms with Gasteiger partial charge in [-0.05, 0) is 61.2 Å². The summed E-state index contributed by atoms with van der Waals surface area (Å²) in [5.41, 5.74) is 2.43. The van der Waals surface area contributed by atoms with Gasteiger partial charge in [-0.1, -0.05) is 24.3 Å². The molecule has 0 spiro atoms. The van der Waals surface area contributed by atoms with Gasteiger partial charge in [0.05, 0.1) is 12.7 Å². The third-order valence-electron chi connectivity index (χ3n) is 3.86. The lowest BCUT2D eigenvalue weighted by atomic mass is 10.0. The molecule has 0 saturated carbocycles. The highest BCUT2D eigenvalue weighted by molar-refractivity contribution is 7.99. The van der Waals surface area contributed by atoms with Gasteiger partial charge in [-0.3, -0.25) is 0 Å². The number of halogens is 3. The van der Waals surface area contributed by atoms with Gasteiger partial charge >= 0.3 is 12.3 Å². The Morgan fingerprint density at radius 3 is 2.25 bits per heavy atom. The maximum atomic E-state index is 12.5. The van der Waals surface area contributed by atoms with E-state index >= 15 is 0 Å². The first-order chi connectivity index (χ1) is 13.2. The molecule has 0 heterocycles. The maximum absolute atomic E-state index is 12.5. The Kier molecular flexibility index (Phi) is 9.56. The molecule has 28 heavy (non-hydrogen) atoms. The Morgan fingerprint density at radius 1 is 1.14 bits per heavy atom. The third kappa shape index (κ3) is 8.03. The fourth-order valence-electron chi connectivity index (χ4n) is 2.38. The Labute approximate surface area is 166 Å². The van der Waals surface area contributed by atoms with Crippen molar-refractivity contribution in [2.24, 2.45) is 0 Å². The number of alkyl halides is 3. The third-order valence-corrected chi connectivity index (χ3v) is 5.00. The van der Waals surface area contributed by atoms with Gasteiger partial charge in [0, 0.05) is 10.6 Å². The summed E-state index contributed by atoms with van der Waals surface area (Å²) in [6, 6.07) is 11.4. The lowest BCUT2D eigenvalue weighted by Gasteiger charge is -2.10. The van der Waals surface area contributed by atoms with Crippen LogP contribution in [-0.4, -0.2) is 19.0 Å². The molecule has 0 bridgehead atoms. The molecule has 7 heteroatoms. The Bertz CT molecular complexity index is 809. The predicted octanol–water partition coefficient (Wildman–Crippen LogP) is 5.72. The number of rotatable bonds is 7. The van der Waals surface area contributed by atoms with Crippen LogP contribution in [0.1, 0.15) is 23.1 Å². The summed E-state index contributed by atoms with van der Waals surface area (Å²) in [7, 11) is 1.65. The molecule has 0 aromatic heterocycles. The standard InChI is InChI=1S/C20H21F3OS.CO2/c1-14(13-25-18-10-11-19(24-3)15(2)12-18)4-5-16-6-8-17(9-7-16)20(21,22)23;2-1-3/h6-12H,1,4-5,13H2,2-3H3;. The molecule has 2 aromatic rings. The van der Waals surface area contributed by atoms with E-state index in [0.717, 1.165) is 51.7 Å². The Balaban J connectivity index is 0.00000122. The zero-order chi connectivity index (χ0) is 21.2. The SMILES string of the molecule is C=C(CCc1ccc(C(F)(F)F)cc1)CSc1ccc(OC)c(C)c1.O=C=O. The largest absolute Gasteiger partial charge is 0.496 e. The summed E-state index contributed by atoms with van der Waals surface area (Å²) in [4.78, 5) is 17.4. The van der Waals surface area contributed by atoms with Crippen molar-refractivity contribution < 1.29 is 27.5 Å². The van der Waals surface area contributed by atoms with Crippen molar-refractivity contribution in [1.29, 1.82) is 0 Å². The van der Waals surface area contributed by atoms with Crippen molar-refractivity contribution in [3.05, 3.63) is 71.3 Å². The van der Waals surface area contributed by atoms with Gasteiger partial charge in [0.15, 0.2) is 0 Å². The molecular formula is C21H21F3O3S. The molecule has 150 valence electrons. The van der Waals surface area contributed by atoms with E-state index in [2.05, 4.69) is 12.6 Å². The van der Waals surface area contributed by atoms with Crippen LogP contribution in [0.4, 0.5) is 13.2 Å². The van der Waals surface area contributed by atoms with E-state index in [4.69, 9.17) is 14.3 Å². The normalized spacial score (nSPS) is 10.5.